The minimum atomic E-state index is 0.655. The number of nitrogens with zero attached hydrogens (tertiary/aromatic N) is 2. The first-order valence-corrected chi connectivity index (χ1v) is 8.43. The molecule has 0 bridgehead atoms. The fourth-order valence-corrected chi connectivity index (χ4v) is 3.45. The van der Waals surface area contributed by atoms with E-state index in [1.54, 1.807) is 0 Å². The fraction of sp³-hybridized carbons (Fsp3) is 0.526. The molecule has 1 heterocycles. The SMILES string of the molecule is CN(C)Cc1cnc(-c2ccccc2C2CCCCCC2)o1. The first-order chi connectivity index (χ1) is 10.7. The number of hydrogen-bond acceptors (Lipinski definition) is 3. The lowest BCUT2D eigenvalue weighted by atomic mass is 9.88. The summed E-state index contributed by atoms with van der Waals surface area (Å²) >= 11 is 0. The van der Waals surface area contributed by atoms with Crippen LogP contribution in [-0.4, -0.2) is 24.0 Å². The summed E-state index contributed by atoms with van der Waals surface area (Å²) in [5, 5.41) is 0. The van der Waals surface area contributed by atoms with Gasteiger partial charge >= 0.3 is 0 Å². The maximum Gasteiger partial charge on any atom is 0.226 e. The molecular weight excluding hydrogens is 272 g/mol. The summed E-state index contributed by atoms with van der Waals surface area (Å²) in [7, 11) is 4.09. The molecule has 0 unspecified atom stereocenters. The van der Waals surface area contributed by atoms with Crippen LogP contribution in [0.15, 0.2) is 34.9 Å². The highest BCUT2D eigenvalue weighted by Crippen LogP contribution is 2.37. The van der Waals surface area contributed by atoms with Crippen LogP contribution in [0, 0.1) is 0 Å². The van der Waals surface area contributed by atoms with Gasteiger partial charge in [-0.15, -0.1) is 0 Å². The van der Waals surface area contributed by atoms with Gasteiger partial charge < -0.3 is 9.32 Å². The van der Waals surface area contributed by atoms with E-state index < -0.39 is 0 Å². The molecule has 0 atom stereocenters. The first-order valence-electron chi connectivity index (χ1n) is 8.43. The Morgan fingerprint density at radius 1 is 1.09 bits per heavy atom. The predicted molar refractivity (Wildman–Crippen MR) is 89.8 cm³/mol. The second-order valence-electron chi connectivity index (χ2n) is 6.65. The molecule has 3 heteroatoms. The van der Waals surface area contributed by atoms with E-state index in [4.69, 9.17) is 4.42 Å². The second-order valence-corrected chi connectivity index (χ2v) is 6.65. The Kier molecular flexibility index (Phi) is 4.94. The number of hydrogen-bond donors (Lipinski definition) is 0. The topological polar surface area (TPSA) is 29.3 Å². The Bertz CT molecular complexity index is 595. The molecule has 2 aromatic rings. The summed E-state index contributed by atoms with van der Waals surface area (Å²) in [4.78, 5) is 6.62. The van der Waals surface area contributed by atoms with Crippen LogP contribution in [-0.2, 0) is 6.54 Å². The molecule has 118 valence electrons. The molecule has 1 aliphatic rings. The minimum absolute atomic E-state index is 0.655. The summed E-state index contributed by atoms with van der Waals surface area (Å²) in [5.41, 5.74) is 2.60. The number of aromatic nitrogens is 1. The number of rotatable bonds is 4. The van der Waals surface area contributed by atoms with Crippen molar-refractivity contribution in [2.24, 2.45) is 0 Å². The Morgan fingerprint density at radius 2 is 1.82 bits per heavy atom. The van der Waals surface area contributed by atoms with Crippen molar-refractivity contribution in [3.63, 3.8) is 0 Å². The summed E-state index contributed by atoms with van der Waals surface area (Å²) < 4.78 is 5.99. The van der Waals surface area contributed by atoms with Gasteiger partial charge in [0.25, 0.3) is 0 Å². The Hall–Kier alpha value is -1.61. The van der Waals surface area contributed by atoms with Gasteiger partial charge in [-0.3, -0.25) is 0 Å². The highest BCUT2D eigenvalue weighted by Gasteiger charge is 2.20. The van der Waals surface area contributed by atoms with E-state index in [0.29, 0.717) is 5.92 Å². The first kappa shape index (κ1) is 15.3. The van der Waals surface area contributed by atoms with Crippen LogP contribution in [0.5, 0.6) is 0 Å². The van der Waals surface area contributed by atoms with Crippen molar-refractivity contribution in [2.75, 3.05) is 14.1 Å². The van der Waals surface area contributed by atoms with Crippen molar-refractivity contribution < 1.29 is 4.42 Å². The normalized spacial score (nSPS) is 16.9. The minimum Gasteiger partial charge on any atom is -0.440 e. The van der Waals surface area contributed by atoms with Gasteiger partial charge in [0.1, 0.15) is 5.76 Å². The molecule has 1 saturated carbocycles. The van der Waals surface area contributed by atoms with Crippen molar-refractivity contribution in [2.45, 2.75) is 51.0 Å². The van der Waals surface area contributed by atoms with E-state index in [-0.39, 0.29) is 0 Å². The Balaban J connectivity index is 1.88. The van der Waals surface area contributed by atoms with Gasteiger partial charge in [0, 0.05) is 5.56 Å². The van der Waals surface area contributed by atoms with Crippen molar-refractivity contribution in [1.82, 2.24) is 9.88 Å². The smallest absolute Gasteiger partial charge is 0.226 e. The molecule has 3 rings (SSSR count). The predicted octanol–water partition coefficient (Wildman–Crippen LogP) is 4.84. The third-order valence-corrected chi connectivity index (χ3v) is 4.51. The van der Waals surface area contributed by atoms with Crippen LogP contribution in [0.3, 0.4) is 0 Å². The van der Waals surface area contributed by atoms with Crippen molar-refractivity contribution in [3.8, 4) is 11.5 Å². The van der Waals surface area contributed by atoms with Crippen LogP contribution in [0.4, 0.5) is 0 Å². The molecule has 1 aliphatic carbocycles. The molecule has 22 heavy (non-hydrogen) atoms. The third-order valence-electron chi connectivity index (χ3n) is 4.51. The van der Waals surface area contributed by atoms with E-state index in [2.05, 4.69) is 34.1 Å². The van der Waals surface area contributed by atoms with Crippen molar-refractivity contribution >= 4 is 0 Å². The van der Waals surface area contributed by atoms with E-state index >= 15 is 0 Å². The zero-order valence-corrected chi connectivity index (χ0v) is 13.7. The molecule has 1 aromatic carbocycles. The standard InChI is InChI=1S/C19H26N2O/c1-21(2)14-16-13-20-19(22-16)18-12-8-7-11-17(18)15-9-5-3-4-6-10-15/h7-8,11-13,15H,3-6,9-10,14H2,1-2H3. The molecule has 0 aliphatic heterocycles. The summed E-state index contributed by atoms with van der Waals surface area (Å²) in [6.07, 6.45) is 9.89. The lowest BCUT2D eigenvalue weighted by Crippen LogP contribution is -2.09. The molecule has 1 fully saturated rings. The number of benzene rings is 1. The van der Waals surface area contributed by atoms with Gasteiger partial charge in [-0.2, -0.15) is 0 Å². The molecular formula is C19H26N2O. The molecule has 0 radical (unpaired) electrons. The van der Waals surface area contributed by atoms with Gasteiger partial charge in [-0.25, -0.2) is 4.98 Å². The molecule has 0 amide bonds. The lowest BCUT2D eigenvalue weighted by Gasteiger charge is -2.17. The summed E-state index contributed by atoms with van der Waals surface area (Å²) in [6, 6.07) is 8.66. The molecule has 0 spiro atoms. The van der Waals surface area contributed by atoms with Gasteiger partial charge in [-0.05, 0) is 44.5 Å². The molecule has 3 nitrogen and oxygen atoms in total. The van der Waals surface area contributed by atoms with Gasteiger partial charge in [0.15, 0.2) is 0 Å². The highest BCUT2D eigenvalue weighted by molar-refractivity contribution is 5.59. The average Bonchev–Trinajstić information content (AvgIpc) is 2.80. The molecule has 0 N–H and O–H groups in total. The zero-order valence-electron chi connectivity index (χ0n) is 13.7. The van der Waals surface area contributed by atoms with Gasteiger partial charge in [0.2, 0.25) is 5.89 Å². The Morgan fingerprint density at radius 3 is 2.55 bits per heavy atom. The van der Waals surface area contributed by atoms with Crippen LogP contribution in [0.2, 0.25) is 0 Å². The van der Waals surface area contributed by atoms with Gasteiger partial charge in [-0.1, -0.05) is 43.9 Å². The van der Waals surface area contributed by atoms with Crippen LogP contribution >= 0.6 is 0 Å². The zero-order chi connectivity index (χ0) is 15.4. The summed E-state index contributed by atoms with van der Waals surface area (Å²) in [5.74, 6) is 2.36. The third kappa shape index (κ3) is 3.58. The van der Waals surface area contributed by atoms with Crippen LogP contribution in [0.25, 0.3) is 11.5 Å². The summed E-state index contributed by atoms with van der Waals surface area (Å²) in [6.45, 7) is 0.790. The quantitative estimate of drug-likeness (QED) is 0.756. The molecule has 1 aromatic heterocycles. The largest absolute Gasteiger partial charge is 0.440 e. The Labute approximate surface area is 133 Å². The van der Waals surface area contributed by atoms with E-state index in [1.807, 2.05) is 20.3 Å². The van der Waals surface area contributed by atoms with Gasteiger partial charge in [0.05, 0.1) is 12.7 Å². The van der Waals surface area contributed by atoms with E-state index in [1.165, 1.54) is 49.7 Å². The molecule has 0 saturated heterocycles. The second kappa shape index (κ2) is 7.10. The highest BCUT2D eigenvalue weighted by atomic mass is 16.4. The van der Waals surface area contributed by atoms with E-state index in [0.717, 1.165) is 18.2 Å². The van der Waals surface area contributed by atoms with E-state index in [9.17, 15) is 0 Å². The average molecular weight is 298 g/mol. The van der Waals surface area contributed by atoms with Crippen LogP contribution < -0.4 is 0 Å². The van der Waals surface area contributed by atoms with Crippen molar-refractivity contribution in [3.05, 3.63) is 41.8 Å². The number of oxazole rings is 1. The van der Waals surface area contributed by atoms with Crippen LogP contribution in [0.1, 0.15) is 55.8 Å². The maximum atomic E-state index is 5.99. The lowest BCUT2D eigenvalue weighted by molar-refractivity contribution is 0.353. The monoisotopic (exact) mass is 298 g/mol. The fourth-order valence-electron chi connectivity index (χ4n) is 3.45. The van der Waals surface area contributed by atoms with Crippen molar-refractivity contribution in [1.29, 1.82) is 0 Å². The maximum absolute atomic E-state index is 5.99.